The molecule has 8 aromatic carbocycles. The monoisotopic (exact) mass is 979 g/mol. The third kappa shape index (κ3) is 7.09. The summed E-state index contributed by atoms with van der Waals surface area (Å²) in [7, 11) is 0. The van der Waals surface area contributed by atoms with Crippen LogP contribution in [-0.2, 0) is 27.1 Å². The predicted molar refractivity (Wildman–Crippen MR) is 325 cm³/mol. The molecule has 13 rings (SSSR count). The van der Waals surface area contributed by atoms with Crippen molar-refractivity contribution in [3.05, 3.63) is 186 Å². The second-order valence-electron chi connectivity index (χ2n) is 27.2. The van der Waals surface area contributed by atoms with E-state index in [1.807, 2.05) is 0 Å². The van der Waals surface area contributed by atoms with Crippen molar-refractivity contribution in [2.75, 3.05) is 4.90 Å². The summed E-state index contributed by atoms with van der Waals surface area (Å²) >= 11 is 0. The highest BCUT2D eigenvalue weighted by molar-refractivity contribution is 6.91. The van der Waals surface area contributed by atoms with Crippen LogP contribution in [0.15, 0.2) is 158 Å². The van der Waals surface area contributed by atoms with Crippen molar-refractivity contribution in [2.45, 2.75) is 131 Å². The predicted octanol–water partition coefficient (Wildman–Crippen LogP) is 17.7. The smallest absolute Gasteiger partial charge is 0.335 e. The lowest BCUT2D eigenvalue weighted by atomic mass is 9.45. The molecule has 4 nitrogen and oxygen atoms in total. The molecule has 0 atom stereocenters. The van der Waals surface area contributed by atoms with E-state index in [1.54, 1.807) is 0 Å². The molecule has 2 aliphatic rings. The molecule has 0 fully saturated rings. The number of fused-ring (bicyclic) bond motifs is 12. The molecule has 11 aromatic rings. The molecule has 3 aromatic heterocycles. The van der Waals surface area contributed by atoms with Gasteiger partial charge in [0.2, 0.25) is 0 Å². The number of benzene rings is 8. The van der Waals surface area contributed by atoms with Crippen LogP contribution in [0.4, 0.5) is 17.2 Å². The first-order valence-corrected chi connectivity index (χ1v) is 27.4. The number of aromatic nitrogens is 3. The summed E-state index contributed by atoms with van der Waals surface area (Å²) < 4.78 is 7.91. The highest BCUT2D eigenvalue weighted by atomic mass is 15.3. The molecule has 0 spiro atoms. The van der Waals surface area contributed by atoms with E-state index < -0.39 is 0 Å². The van der Waals surface area contributed by atoms with E-state index in [0.29, 0.717) is 0 Å². The van der Waals surface area contributed by atoms with Gasteiger partial charge in [0.1, 0.15) is 5.82 Å². The first-order chi connectivity index (χ1) is 35.4. The van der Waals surface area contributed by atoms with Crippen LogP contribution in [-0.4, -0.2) is 20.5 Å². The number of hydrogen-bond donors (Lipinski definition) is 0. The summed E-state index contributed by atoms with van der Waals surface area (Å²) in [5.74, 6) is 1.20. The average molecular weight is 979 g/mol. The summed E-state index contributed by atoms with van der Waals surface area (Å²) in [4.78, 5) is 2.65. The molecule has 0 amide bonds. The average Bonchev–Trinajstić information content (AvgIpc) is 4.00. The first kappa shape index (κ1) is 47.5. The van der Waals surface area contributed by atoms with E-state index in [9.17, 15) is 0 Å². The largest absolute Gasteiger partial charge is 0.375 e. The maximum absolute atomic E-state index is 2.81. The van der Waals surface area contributed by atoms with Crippen LogP contribution in [0.3, 0.4) is 0 Å². The minimum atomic E-state index is -0.162. The van der Waals surface area contributed by atoms with Crippen LogP contribution in [0.5, 0.6) is 0 Å². The molecule has 0 N–H and O–H groups in total. The van der Waals surface area contributed by atoms with Crippen molar-refractivity contribution in [1.82, 2.24) is 13.6 Å². The standard InChI is InChI=1S/C70H71BN4/c1-66(2,3)42-26-30-49(31-27-42)74-61-39-46(70(13,14)15)36-53-55-38-45(69(10,11)12)37-54-52-40-59-51(50-34-43(67(4,5)6)28-32-57(50)72(59)47-22-18-16-19-23-47)41-60(52)75(64(54)55)71(62(53)61)63-56-35-44(68(7,8)9)29-33-58(56)73(65(63)74)48-24-20-17-21-25-48/h16-41H,1-15H3. The van der Waals surface area contributed by atoms with Crippen LogP contribution in [0.2, 0.25) is 0 Å². The third-order valence-electron chi connectivity index (χ3n) is 17.0. The number of nitrogens with zero attached hydrogens (tertiary/aromatic N) is 4. The zero-order valence-corrected chi connectivity index (χ0v) is 46.9. The number of anilines is 3. The SMILES string of the molecule is CC(C)(C)c1ccc(N2c3cc(C(C)(C)C)cc4c3B(c3c2n(-c2ccccc2)c2ccc(C(C)(C)C)cc32)n2c3cc5c6cc(C(C)(C)C)ccc6n(-c6ccccc6)c5cc3c3cc(C(C)(C)C)cc-4c32)cc1. The normalized spacial score (nSPS) is 14.0. The number of hydrogen-bond acceptors (Lipinski definition) is 1. The maximum atomic E-state index is 2.81. The first-order valence-electron chi connectivity index (χ1n) is 27.4. The van der Waals surface area contributed by atoms with Gasteiger partial charge in [0.25, 0.3) is 0 Å². The second-order valence-corrected chi connectivity index (χ2v) is 27.2. The molecule has 0 unspecified atom stereocenters. The van der Waals surface area contributed by atoms with E-state index in [1.165, 1.54) is 122 Å². The summed E-state index contributed by atoms with van der Waals surface area (Å²) in [6.45, 7) is 35.1. The molecule has 0 saturated carbocycles. The van der Waals surface area contributed by atoms with Crippen molar-refractivity contribution in [1.29, 1.82) is 0 Å². The van der Waals surface area contributed by atoms with Gasteiger partial charge in [-0.05, 0) is 162 Å². The fourth-order valence-electron chi connectivity index (χ4n) is 12.7. The molecule has 5 heterocycles. The topological polar surface area (TPSA) is 18.0 Å². The lowest BCUT2D eigenvalue weighted by molar-refractivity contribution is 0.589. The van der Waals surface area contributed by atoms with Gasteiger partial charge >= 0.3 is 6.85 Å². The quantitative estimate of drug-likeness (QED) is 0.161. The molecular formula is C70H71BN4. The van der Waals surface area contributed by atoms with Crippen LogP contribution < -0.4 is 15.8 Å². The minimum Gasteiger partial charge on any atom is -0.375 e. The molecule has 0 bridgehead atoms. The van der Waals surface area contributed by atoms with Crippen LogP contribution in [0.25, 0.3) is 77.0 Å². The van der Waals surface area contributed by atoms with E-state index in [-0.39, 0.29) is 33.9 Å². The fraction of sp³-hybridized carbons (Fsp3) is 0.286. The molecule has 0 saturated heterocycles. The Morgan fingerprint density at radius 1 is 0.320 bits per heavy atom. The summed E-state index contributed by atoms with van der Waals surface area (Å²) in [5, 5.41) is 6.45. The van der Waals surface area contributed by atoms with Gasteiger partial charge < -0.3 is 9.05 Å². The van der Waals surface area contributed by atoms with Gasteiger partial charge in [-0.25, -0.2) is 0 Å². The van der Waals surface area contributed by atoms with Crippen molar-refractivity contribution >= 4 is 89.5 Å². The van der Waals surface area contributed by atoms with E-state index in [4.69, 9.17) is 0 Å². The molecule has 374 valence electrons. The Balaban J connectivity index is 1.27. The van der Waals surface area contributed by atoms with Crippen molar-refractivity contribution in [3.8, 4) is 22.5 Å². The zero-order chi connectivity index (χ0) is 52.6. The molecule has 2 aliphatic heterocycles. The fourth-order valence-corrected chi connectivity index (χ4v) is 12.7. The second kappa shape index (κ2) is 15.7. The van der Waals surface area contributed by atoms with Gasteiger partial charge in [0.05, 0.1) is 16.6 Å². The van der Waals surface area contributed by atoms with Gasteiger partial charge in [0, 0.05) is 66.4 Å². The van der Waals surface area contributed by atoms with Crippen LogP contribution in [0, 0.1) is 0 Å². The van der Waals surface area contributed by atoms with E-state index in [2.05, 4.69) is 280 Å². The number of para-hydroxylation sites is 2. The van der Waals surface area contributed by atoms with Gasteiger partial charge in [-0.2, -0.15) is 0 Å². The molecule has 75 heavy (non-hydrogen) atoms. The Bertz CT molecular complexity index is 4160. The molecule has 0 radical (unpaired) electrons. The highest BCUT2D eigenvalue weighted by Crippen LogP contribution is 2.51. The van der Waals surface area contributed by atoms with Crippen LogP contribution in [0.1, 0.15) is 132 Å². The zero-order valence-electron chi connectivity index (χ0n) is 46.9. The number of rotatable bonds is 3. The van der Waals surface area contributed by atoms with Crippen molar-refractivity contribution in [2.24, 2.45) is 0 Å². The van der Waals surface area contributed by atoms with E-state index in [0.717, 1.165) is 11.4 Å². The van der Waals surface area contributed by atoms with Gasteiger partial charge in [-0.15, -0.1) is 0 Å². The Labute approximate surface area is 444 Å². The third-order valence-corrected chi connectivity index (χ3v) is 17.0. The lowest BCUT2D eigenvalue weighted by Gasteiger charge is -2.41. The van der Waals surface area contributed by atoms with Gasteiger partial charge in [-0.3, -0.25) is 9.47 Å². The van der Waals surface area contributed by atoms with Crippen molar-refractivity contribution < 1.29 is 0 Å². The molecule has 5 heteroatoms. The molecule has 0 aliphatic carbocycles. The van der Waals surface area contributed by atoms with Crippen LogP contribution >= 0.6 is 0 Å². The van der Waals surface area contributed by atoms with E-state index >= 15 is 0 Å². The Morgan fingerprint density at radius 2 is 0.773 bits per heavy atom. The van der Waals surface area contributed by atoms with Gasteiger partial charge in [0.15, 0.2) is 0 Å². The summed E-state index contributed by atoms with van der Waals surface area (Å²) in [5.41, 5.74) is 22.7. The minimum absolute atomic E-state index is 0.00669. The summed E-state index contributed by atoms with van der Waals surface area (Å²) in [6, 6.07) is 61.6. The summed E-state index contributed by atoms with van der Waals surface area (Å²) in [6.07, 6.45) is 0. The lowest BCUT2D eigenvalue weighted by Crippen LogP contribution is -2.57. The molecular weight excluding hydrogens is 908 g/mol. The highest BCUT2D eigenvalue weighted by Gasteiger charge is 2.47. The Kier molecular flexibility index (Phi) is 9.92. The Hall–Kier alpha value is -7.24. The Morgan fingerprint density at radius 3 is 1.35 bits per heavy atom. The van der Waals surface area contributed by atoms with Crippen molar-refractivity contribution in [3.63, 3.8) is 0 Å². The van der Waals surface area contributed by atoms with Gasteiger partial charge in [-0.1, -0.05) is 171 Å². The maximum Gasteiger partial charge on any atom is 0.335 e.